The lowest BCUT2D eigenvalue weighted by Gasteiger charge is -2.34. The highest BCUT2D eigenvalue weighted by Gasteiger charge is 2.37. The van der Waals surface area contributed by atoms with Crippen LogP contribution in [-0.4, -0.2) is 41.1 Å². The zero-order valence-corrected chi connectivity index (χ0v) is 13.5. The number of methoxy groups -OCH3 is 1. The van der Waals surface area contributed by atoms with Gasteiger partial charge in [-0.15, -0.1) is 0 Å². The zero-order valence-electron chi connectivity index (χ0n) is 11.9. The van der Waals surface area contributed by atoms with E-state index in [4.69, 9.17) is 4.74 Å². The molecule has 0 saturated heterocycles. The fraction of sp³-hybridized carbons (Fsp3) is 0.429. The Morgan fingerprint density at radius 2 is 2.00 bits per heavy atom. The third-order valence-corrected chi connectivity index (χ3v) is 3.85. The number of aliphatic carboxylic acids is 1. The first kappa shape index (κ1) is 16.5. The molecule has 0 bridgehead atoms. The molecule has 0 aliphatic heterocycles. The van der Waals surface area contributed by atoms with Gasteiger partial charge in [0.1, 0.15) is 11.3 Å². The average molecular weight is 344 g/mol. The lowest BCUT2D eigenvalue weighted by Crippen LogP contribution is -2.53. The van der Waals surface area contributed by atoms with E-state index in [1.807, 2.05) is 0 Å². The van der Waals surface area contributed by atoms with Crippen LogP contribution in [0.4, 0.5) is 0 Å². The van der Waals surface area contributed by atoms with Crippen LogP contribution in [0, 0.1) is 0 Å². The smallest absolute Gasteiger partial charge is 0.329 e. The van der Waals surface area contributed by atoms with Crippen molar-refractivity contribution in [3.63, 3.8) is 0 Å². The summed E-state index contributed by atoms with van der Waals surface area (Å²) in [5, 5.41) is 9.28. The Morgan fingerprint density at radius 1 is 1.40 bits per heavy atom. The second-order valence-electron chi connectivity index (χ2n) is 4.76. The summed E-state index contributed by atoms with van der Waals surface area (Å²) in [5.41, 5.74) is -0.908. The summed E-state index contributed by atoms with van der Waals surface area (Å²) in [6.07, 6.45) is 0. The van der Waals surface area contributed by atoms with Gasteiger partial charge in [-0.05, 0) is 54.9 Å². The summed E-state index contributed by atoms with van der Waals surface area (Å²) in [5.74, 6) is -0.863. The minimum atomic E-state index is -1.28. The Morgan fingerprint density at radius 3 is 2.45 bits per heavy atom. The number of carboxylic acids is 1. The predicted octanol–water partition coefficient (Wildman–Crippen LogP) is 2.78. The molecule has 0 aliphatic carbocycles. The highest BCUT2D eigenvalue weighted by Crippen LogP contribution is 2.26. The van der Waals surface area contributed by atoms with Crippen molar-refractivity contribution in [3.05, 3.63) is 28.2 Å². The van der Waals surface area contributed by atoms with Gasteiger partial charge in [0.05, 0.1) is 12.7 Å². The molecule has 0 saturated carbocycles. The molecule has 20 heavy (non-hydrogen) atoms. The number of carbonyl (C=O) groups excluding carboxylic acids is 1. The quantitative estimate of drug-likeness (QED) is 0.892. The maximum Gasteiger partial charge on any atom is 0.329 e. The lowest BCUT2D eigenvalue weighted by atomic mass is 10.0. The summed E-state index contributed by atoms with van der Waals surface area (Å²) in [6.45, 7) is 5.05. The topological polar surface area (TPSA) is 66.8 Å². The Balaban J connectivity index is 3.25. The van der Waals surface area contributed by atoms with Crippen LogP contribution in [0.15, 0.2) is 22.7 Å². The van der Waals surface area contributed by atoms with Gasteiger partial charge in [0.25, 0.3) is 5.91 Å². The predicted molar refractivity (Wildman–Crippen MR) is 79.1 cm³/mol. The van der Waals surface area contributed by atoms with Gasteiger partial charge >= 0.3 is 5.97 Å². The van der Waals surface area contributed by atoms with Crippen LogP contribution in [0.5, 0.6) is 5.75 Å². The molecule has 1 N–H and O–H groups in total. The monoisotopic (exact) mass is 343 g/mol. The van der Waals surface area contributed by atoms with Crippen LogP contribution >= 0.6 is 15.9 Å². The molecule has 1 aromatic rings. The van der Waals surface area contributed by atoms with E-state index in [1.165, 1.54) is 25.9 Å². The Kier molecular flexibility index (Phi) is 5.16. The highest BCUT2D eigenvalue weighted by atomic mass is 79.9. The summed E-state index contributed by atoms with van der Waals surface area (Å²) < 4.78 is 5.70. The molecule has 1 amide bonds. The van der Waals surface area contributed by atoms with Crippen molar-refractivity contribution in [1.82, 2.24) is 4.90 Å². The molecular weight excluding hydrogens is 326 g/mol. The molecule has 0 radical (unpaired) electrons. The number of nitrogens with zero attached hydrogens (tertiary/aromatic N) is 1. The van der Waals surface area contributed by atoms with E-state index in [1.54, 1.807) is 25.1 Å². The molecule has 0 heterocycles. The number of amides is 1. The van der Waals surface area contributed by atoms with Crippen molar-refractivity contribution in [3.8, 4) is 5.75 Å². The number of hydrogen-bond acceptors (Lipinski definition) is 3. The number of carbonyl (C=O) groups is 2. The first-order valence-corrected chi connectivity index (χ1v) is 6.93. The molecule has 0 aromatic heterocycles. The average Bonchev–Trinajstić information content (AvgIpc) is 2.39. The van der Waals surface area contributed by atoms with Gasteiger partial charge in [0.2, 0.25) is 0 Å². The molecular formula is C14H18BrNO4. The molecule has 1 rings (SSSR count). The Bertz CT molecular complexity index is 528. The molecule has 110 valence electrons. The number of hydrogen-bond donors (Lipinski definition) is 1. The SMILES string of the molecule is CCN(C(=O)c1cc(OC)ccc1Br)C(C)(C)C(=O)O. The number of carboxylic acid groups (broad SMARTS) is 1. The van der Waals surface area contributed by atoms with Crippen molar-refractivity contribution < 1.29 is 19.4 Å². The summed E-state index contributed by atoms with van der Waals surface area (Å²) in [6, 6.07) is 5.01. The second-order valence-corrected chi connectivity index (χ2v) is 5.61. The van der Waals surface area contributed by atoms with Gasteiger partial charge in [0.15, 0.2) is 0 Å². The molecule has 0 fully saturated rings. The first-order chi connectivity index (χ1) is 9.25. The second kappa shape index (κ2) is 6.26. The number of rotatable bonds is 5. The minimum Gasteiger partial charge on any atom is -0.497 e. The summed E-state index contributed by atoms with van der Waals surface area (Å²) in [7, 11) is 1.51. The van der Waals surface area contributed by atoms with Gasteiger partial charge in [0, 0.05) is 11.0 Å². The number of ether oxygens (including phenoxy) is 1. The van der Waals surface area contributed by atoms with Gasteiger partial charge < -0.3 is 14.7 Å². The third kappa shape index (κ3) is 3.12. The first-order valence-electron chi connectivity index (χ1n) is 6.14. The van der Waals surface area contributed by atoms with Crippen molar-refractivity contribution in [2.75, 3.05) is 13.7 Å². The van der Waals surface area contributed by atoms with Gasteiger partial charge in [-0.3, -0.25) is 4.79 Å². The molecule has 6 heteroatoms. The van der Waals surface area contributed by atoms with Crippen LogP contribution in [0.1, 0.15) is 31.1 Å². The number of halogens is 1. The molecule has 5 nitrogen and oxygen atoms in total. The van der Waals surface area contributed by atoms with Crippen molar-refractivity contribution in [1.29, 1.82) is 0 Å². The summed E-state index contributed by atoms with van der Waals surface area (Å²) >= 11 is 3.31. The fourth-order valence-corrected chi connectivity index (χ4v) is 2.27. The molecule has 1 aromatic carbocycles. The van der Waals surface area contributed by atoms with E-state index in [9.17, 15) is 14.7 Å². The third-order valence-electron chi connectivity index (χ3n) is 3.16. The zero-order chi connectivity index (χ0) is 15.5. The Hall–Kier alpha value is -1.56. The standard InChI is InChI=1S/C14H18BrNO4/c1-5-16(14(2,3)13(18)19)12(17)10-8-9(20-4)6-7-11(10)15/h6-8H,5H2,1-4H3,(H,18,19). The summed E-state index contributed by atoms with van der Waals surface area (Å²) in [4.78, 5) is 25.2. The molecule has 0 spiro atoms. The van der Waals surface area contributed by atoms with E-state index in [0.717, 1.165) is 0 Å². The van der Waals surface area contributed by atoms with Gasteiger partial charge in [-0.25, -0.2) is 4.79 Å². The van der Waals surface area contributed by atoms with Crippen LogP contribution in [0.25, 0.3) is 0 Å². The van der Waals surface area contributed by atoms with Crippen LogP contribution in [0.3, 0.4) is 0 Å². The molecule has 0 unspecified atom stereocenters. The van der Waals surface area contributed by atoms with Gasteiger partial charge in [-0.1, -0.05) is 0 Å². The molecule has 0 atom stereocenters. The van der Waals surface area contributed by atoms with Crippen LogP contribution < -0.4 is 4.74 Å². The lowest BCUT2D eigenvalue weighted by molar-refractivity contribution is -0.147. The largest absolute Gasteiger partial charge is 0.497 e. The fourth-order valence-electron chi connectivity index (χ4n) is 1.85. The Labute approximate surface area is 126 Å². The van der Waals surface area contributed by atoms with E-state index in [0.29, 0.717) is 22.3 Å². The molecule has 0 aliphatic rings. The van der Waals surface area contributed by atoms with Crippen molar-refractivity contribution in [2.24, 2.45) is 0 Å². The van der Waals surface area contributed by atoms with Crippen LogP contribution in [-0.2, 0) is 4.79 Å². The minimum absolute atomic E-state index is 0.293. The maximum absolute atomic E-state index is 12.6. The number of benzene rings is 1. The normalized spacial score (nSPS) is 11.1. The van der Waals surface area contributed by atoms with E-state index in [-0.39, 0.29) is 5.91 Å². The van der Waals surface area contributed by atoms with Gasteiger partial charge in [-0.2, -0.15) is 0 Å². The van der Waals surface area contributed by atoms with E-state index < -0.39 is 11.5 Å². The van der Waals surface area contributed by atoms with Crippen molar-refractivity contribution in [2.45, 2.75) is 26.3 Å². The van der Waals surface area contributed by atoms with E-state index in [2.05, 4.69) is 15.9 Å². The van der Waals surface area contributed by atoms with Crippen molar-refractivity contribution >= 4 is 27.8 Å². The number of likely N-dealkylation sites (N-methyl/N-ethyl adjacent to an activating group) is 1. The van der Waals surface area contributed by atoms with Crippen LogP contribution in [0.2, 0.25) is 0 Å². The maximum atomic E-state index is 12.6. The highest BCUT2D eigenvalue weighted by molar-refractivity contribution is 9.10. The van der Waals surface area contributed by atoms with E-state index >= 15 is 0 Å².